The highest BCUT2D eigenvalue weighted by Gasteiger charge is 2.29. The Morgan fingerprint density at radius 1 is 0.615 bits per heavy atom. The summed E-state index contributed by atoms with van der Waals surface area (Å²) in [7, 11) is 0. The Labute approximate surface area is 234 Å². The Balaban J connectivity index is 1.86. The highest BCUT2D eigenvalue weighted by atomic mass is 16.5. The molecule has 2 aromatic carbocycles. The zero-order chi connectivity index (χ0) is 28.3. The van der Waals surface area contributed by atoms with Crippen LogP contribution >= 0.6 is 0 Å². The molecular weight excluding hydrogens is 492 g/mol. The van der Waals surface area contributed by atoms with Gasteiger partial charge in [-0.1, -0.05) is 63.4 Å². The lowest BCUT2D eigenvalue weighted by atomic mass is 9.77. The van der Waals surface area contributed by atoms with E-state index in [2.05, 4.69) is 39.1 Å². The fraction of sp³-hybridized carbons (Fsp3) is 0.455. The second-order valence-electron chi connectivity index (χ2n) is 9.89. The first-order valence-corrected chi connectivity index (χ1v) is 13.9. The SMILES string of the molecule is C=CC(=O)OCCCCCCOc1ccccc1C(C)(C)c1ccccc1OCCCCCCOC(=O)C=C. The Morgan fingerprint density at radius 2 is 0.974 bits per heavy atom. The summed E-state index contributed by atoms with van der Waals surface area (Å²) in [4.78, 5) is 22.2. The largest absolute Gasteiger partial charge is 0.493 e. The van der Waals surface area contributed by atoms with E-state index in [-0.39, 0.29) is 17.4 Å². The molecule has 0 aliphatic rings. The van der Waals surface area contributed by atoms with Crippen LogP contribution in [0.5, 0.6) is 11.5 Å². The predicted octanol–water partition coefficient (Wildman–Crippen LogP) is 7.35. The van der Waals surface area contributed by atoms with Crippen LogP contribution in [0.25, 0.3) is 0 Å². The van der Waals surface area contributed by atoms with Crippen LogP contribution in [0.4, 0.5) is 0 Å². The number of ether oxygens (including phenoxy) is 4. The lowest BCUT2D eigenvalue weighted by Gasteiger charge is -2.30. The van der Waals surface area contributed by atoms with Gasteiger partial charge in [-0.25, -0.2) is 9.59 Å². The Morgan fingerprint density at radius 3 is 1.36 bits per heavy atom. The molecule has 0 aromatic heterocycles. The minimum atomic E-state index is -0.370. The van der Waals surface area contributed by atoms with Crippen LogP contribution < -0.4 is 9.47 Å². The normalized spacial score (nSPS) is 10.9. The first-order chi connectivity index (χ1) is 18.9. The Hall–Kier alpha value is -3.54. The quantitative estimate of drug-likeness (QED) is 0.100. The molecule has 0 saturated heterocycles. The molecule has 0 N–H and O–H groups in total. The van der Waals surface area contributed by atoms with Crippen molar-refractivity contribution in [3.63, 3.8) is 0 Å². The Kier molecular flexibility index (Phi) is 14.5. The zero-order valence-corrected chi connectivity index (χ0v) is 23.6. The van der Waals surface area contributed by atoms with Crippen LogP contribution in [-0.2, 0) is 24.5 Å². The molecule has 6 nitrogen and oxygen atoms in total. The number of carbonyl (C=O) groups excluding carboxylic acids is 2. The number of rotatable bonds is 20. The molecule has 2 rings (SSSR count). The number of esters is 2. The fourth-order valence-electron chi connectivity index (χ4n) is 4.31. The smallest absolute Gasteiger partial charge is 0.330 e. The van der Waals surface area contributed by atoms with Crippen molar-refractivity contribution in [3.8, 4) is 11.5 Å². The van der Waals surface area contributed by atoms with Crippen molar-refractivity contribution in [1.29, 1.82) is 0 Å². The molecule has 0 atom stereocenters. The van der Waals surface area contributed by atoms with Gasteiger partial charge >= 0.3 is 11.9 Å². The minimum absolute atomic E-state index is 0.322. The van der Waals surface area contributed by atoms with Gasteiger partial charge in [0.1, 0.15) is 11.5 Å². The monoisotopic (exact) mass is 536 g/mol. The van der Waals surface area contributed by atoms with Crippen LogP contribution in [0, 0.1) is 0 Å². The summed E-state index contributed by atoms with van der Waals surface area (Å²) in [6.45, 7) is 13.3. The zero-order valence-electron chi connectivity index (χ0n) is 23.6. The molecule has 2 aromatic rings. The van der Waals surface area contributed by atoms with E-state index in [0.717, 1.165) is 74.0 Å². The van der Waals surface area contributed by atoms with E-state index >= 15 is 0 Å². The lowest BCUT2D eigenvalue weighted by molar-refractivity contribution is -0.138. The molecule has 0 saturated carbocycles. The second kappa shape index (κ2) is 17.9. The van der Waals surface area contributed by atoms with Gasteiger partial charge in [-0.05, 0) is 63.5 Å². The summed E-state index contributed by atoms with van der Waals surface area (Å²) in [5.41, 5.74) is 1.91. The number of benzene rings is 2. The molecule has 39 heavy (non-hydrogen) atoms. The first-order valence-electron chi connectivity index (χ1n) is 13.9. The van der Waals surface area contributed by atoms with Crippen LogP contribution in [-0.4, -0.2) is 38.4 Å². The molecule has 0 bridgehead atoms. The van der Waals surface area contributed by atoms with Gasteiger partial charge in [-0.15, -0.1) is 0 Å². The van der Waals surface area contributed by atoms with E-state index in [1.54, 1.807) is 0 Å². The third-order valence-electron chi connectivity index (χ3n) is 6.54. The highest BCUT2D eigenvalue weighted by molar-refractivity contribution is 5.81. The maximum absolute atomic E-state index is 11.1. The van der Waals surface area contributed by atoms with Crippen molar-refractivity contribution in [2.24, 2.45) is 0 Å². The summed E-state index contributed by atoms with van der Waals surface area (Å²) < 4.78 is 22.5. The van der Waals surface area contributed by atoms with Crippen molar-refractivity contribution in [1.82, 2.24) is 0 Å². The summed E-state index contributed by atoms with van der Waals surface area (Å²) in [6, 6.07) is 16.4. The van der Waals surface area contributed by atoms with Crippen LogP contribution in [0.15, 0.2) is 73.8 Å². The Bertz CT molecular complexity index is 960. The third kappa shape index (κ3) is 11.4. The third-order valence-corrected chi connectivity index (χ3v) is 6.54. The number of para-hydroxylation sites is 2. The molecule has 0 unspecified atom stereocenters. The summed E-state index contributed by atoms with van der Waals surface area (Å²) in [5.74, 6) is 1.03. The summed E-state index contributed by atoms with van der Waals surface area (Å²) >= 11 is 0. The van der Waals surface area contributed by atoms with Gasteiger partial charge in [-0.2, -0.15) is 0 Å². The molecule has 0 amide bonds. The second-order valence-corrected chi connectivity index (χ2v) is 9.89. The molecule has 6 heteroatoms. The van der Waals surface area contributed by atoms with Crippen molar-refractivity contribution >= 4 is 11.9 Å². The summed E-state index contributed by atoms with van der Waals surface area (Å²) in [5, 5.41) is 0. The number of unbranched alkanes of at least 4 members (excludes halogenated alkanes) is 6. The van der Waals surface area contributed by atoms with Gasteiger partial charge in [0.05, 0.1) is 26.4 Å². The van der Waals surface area contributed by atoms with Gasteiger partial charge in [-0.3, -0.25) is 0 Å². The minimum Gasteiger partial charge on any atom is -0.493 e. The number of hydrogen-bond donors (Lipinski definition) is 0. The maximum atomic E-state index is 11.1. The topological polar surface area (TPSA) is 71.1 Å². The lowest BCUT2D eigenvalue weighted by Crippen LogP contribution is -2.21. The molecule has 0 aliphatic carbocycles. The molecule has 212 valence electrons. The van der Waals surface area contributed by atoms with Crippen molar-refractivity contribution < 1.29 is 28.5 Å². The van der Waals surface area contributed by atoms with E-state index in [4.69, 9.17) is 18.9 Å². The van der Waals surface area contributed by atoms with Crippen molar-refractivity contribution in [2.75, 3.05) is 26.4 Å². The highest BCUT2D eigenvalue weighted by Crippen LogP contribution is 2.41. The maximum Gasteiger partial charge on any atom is 0.330 e. The molecule has 0 fully saturated rings. The first kappa shape index (κ1) is 31.7. The standard InChI is InChI=1S/C33H44O6/c1-5-31(34)38-25-17-9-7-15-23-36-29-21-13-11-19-27(29)33(3,4)28-20-12-14-22-30(28)37-24-16-8-10-18-26-39-32(35)6-2/h5-6,11-14,19-22H,1-2,7-10,15-18,23-26H2,3-4H3. The van der Waals surface area contributed by atoms with Crippen LogP contribution in [0.1, 0.15) is 76.3 Å². The number of carbonyl (C=O) groups is 2. The van der Waals surface area contributed by atoms with Crippen LogP contribution in [0.2, 0.25) is 0 Å². The molecule has 0 spiro atoms. The van der Waals surface area contributed by atoms with E-state index in [9.17, 15) is 9.59 Å². The van der Waals surface area contributed by atoms with E-state index in [1.807, 2.05) is 36.4 Å². The van der Waals surface area contributed by atoms with E-state index in [1.165, 1.54) is 12.2 Å². The van der Waals surface area contributed by atoms with Crippen LogP contribution in [0.3, 0.4) is 0 Å². The van der Waals surface area contributed by atoms with Crippen molar-refractivity contribution in [3.05, 3.63) is 85.0 Å². The van der Waals surface area contributed by atoms with E-state index < -0.39 is 0 Å². The van der Waals surface area contributed by atoms with Gasteiger partial charge in [0.25, 0.3) is 0 Å². The fourth-order valence-corrected chi connectivity index (χ4v) is 4.31. The van der Waals surface area contributed by atoms with Gasteiger partial charge < -0.3 is 18.9 Å². The average molecular weight is 537 g/mol. The number of hydrogen-bond acceptors (Lipinski definition) is 6. The van der Waals surface area contributed by atoms with Crippen molar-refractivity contribution in [2.45, 2.75) is 70.6 Å². The molecule has 0 aliphatic heterocycles. The predicted molar refractivity (Wildman–Crippen MR) is 155 cm³/mol. The summed E-state index contributed by atoms with van der Waals surface area (Å²) in [6.07, 6.45) is 9.89. The van der Waals surface area contributed by atoms with Gasteiger partial charge in [0.15, 0.2) is 0 Å². The molecule has 0 radical (unpaired) electrons. The van der Waals surface area contributed by atoms with Gasteiger partial charge in [0, 0.05) is 28.7 Å². The average Bonchev–Trinajstić information content (AvgIpc) is 2.95. The molecular formula is C33H44O6. The van der Waals surface area contributed by atoms with Gasteiger partial charge in [0.2, 0.25) is 0 Å². The van der Waals surface area contributed by atoms with E-state index in [0.29, 0.717) is 26.4 Å². The molecule has 0 heterocycles.